The van der Waals surface area contributed by atoms with E-state index in [4.69, 9.17) is 4.74 Å². The summed E-state index contributed by atoms with van der Waals surface area (Å²) >= 11 is 0. The van der Waals surface area contributed by atoms with E-state index in [0.717, 1.165) is 25.0 Å². The average Bonchev–Trinajstić information content (AvgIpc) is 2.30. The zero-order valence-corrected chi connectivity index (χ0v) is 10.4. The number of halogens is 4. The Morgan fingerprint density at radius 1 is 1.17 bits per heavy atom. The van der Waals surface area contributed by atoms with Crippen molar-refractivity contribution in [3.05, 3.63) is 29.6 Å². The van der Waals surface area contributed by atoms with Gasteiger partial charge in [0, 0.05) is 0 Å². The smallest absolute Gasteiger partial charge is 0.420 e. The number of alkyl halides is 3. The molecule has 0 aliphatic heterocycles. The second-order valence-electron chi connectivity index (χ2n) is 4.13. The van der Waals surface area contributed by atoms with E-state index in [0.29, 0.717) is 6.07 Å². The van der Waals surface area contributed by atoms with Gasteiger partial charge in [0.1, 0.15) is 17.1 Å². The quantitative estimate of drug-likeness (QED) is 0.703. The summed E-state index contributed by atoms with van der Waals surface area (Å²) in [6.45, 7) is 4.11. The van der Waals surface area contributed by atoms with E-state index >= 15 is 0 Å². The van der Waals surface area contributed by atoms with Crippen LogP contribution in [0.2, 0.25) is 0 Å². The zero-order chi connectivity index (χ0) is 13.8. The van der Waals surface area contributed by atoms with E-state index in [1.807, 2.05) is 13.8 Å². The molecule has 0 N–H and O–H groups in total. The molecule has 1 aromatic rings. The van der Waals surface area contributed by atoms with E-state index in [1.54, 1.807) is 0 Å². The van der Waals surface area contributed by atoms with Gasteiger partial charge < -0.3 is 4.74 Å². The molecule has 0 aromatic heterocycles. The lowest BCUT2D eigenvalue weighted by Gasteiger charge is -2.17. The molecule has 0 spiro atoms. The lowest BCUT2D eigenvalue weighted by Crippen LogP contribution is -2.14. The molecule has 1 nitrogen and oxygen atoms in total. The van der Waals surface area contributed by atoms with Crippen LogP contribution in [0.25, 0.3) is 0 Å². The fourth-order valence-electron chi connectivity index (χ4n) is 1.58. The molecule has 5 heteroatoms. The summed E-state index contributed by atoms with van der Waals surface area (Å²) in [6.07, 6.45) is -2.94. The number of hydrogen-bond acceptors (Lipinski definition) is 1. The summed E-state index contributed by atoms with van der Waals surface area (Å²) in [5, 5.41) is 0. The minimum atomic E-state index is -4.61. The number of hydrogen-bond donors (Lipinski definition) is 0. The van der Waals surface area contributed by atoms with Crippen LogP contribution < -0.4 is 4.74 Å². The van der Waals surface area contributed by atoms with E-state index in [-0.39, 0.29) is 18.3 Å². The second-order valence-corrected chi connectivity index (χ2v) is 4.13. The standard InChI is InChI=1S/C13H16F4O/c1-3-9(4-2)8-18-12-6-5-10(14)7-11(12)13(15,16)17/h5-7,9H,3-4,8H2,1-2H3. The van der Waals surface area contributed by atoms with Crippen molar-refractivity contribution in [3.63, 3.8) is 0 Å². The van der Waals surface area contributed by atoms with Crippen molar-refractivity contribution >= 4 is 0 Å². The first kappa shape index (κ1) is 14.8. The topological polar surface area (TPSA) is 9.23 Å². The van der Waals surface area contributed by atoms with Crippen molar-refractivity contribution in [3.8, 4) is 5.75 Å². The molecule has 1 rings (SSSR count). The Labute approximate surface area is 104 Å². The van der Waals surface area contributed by atoms with Gasteiger partial charge in [-0.15, -0.1) is 0 Å². The van der Waals surface area contributed by atoms with Crippen molar-refractivity contribution < 1.29 is 22.3 Å². The Kier molecular flexibility index (Phi) is 4.99. The van der Waals surface area contributed by atoms with Gasteiger partial charge in [-0.05, 0) is 24.1 Å². The molecule has 18 heavy (non-hydrogen) atoms. The van der Waals surface area contributed by atoms with Crippen LogP contribution in [0.3, 0.4) is 0 Å². The third-order valence-electron chi connectivity index (χ3n) is 2.88. The van der Waals surface area contributed by atoms with Gasteiger partial charge in [-0.2, -0.15) is 13.2 Å². The average molecular weight is 264 g/mol. The third-order valence-corrected chi connectivity index (χ3v) is 2.88. The van der Waals surface area contributed by atoms with Gasteiger partial charge in [0.2, 0.25) is 0 Å². The van der Waals surface area contributed by atoms with Crippen LogP contribution in [-0.4, -0.2) is 6.61 Å². The first-order chi connectivity index (χ1) is 8.38. The zero-order valence-electron chi connectivity index (χ0n) is 10.4. The van der Waals surface area contributed by atoms with Crippen molar-refractivity contribution in [2.45, 2.75) is 32.9 Å². The van der Waals surface area contributed by atoms with Crippen molar-refractivity contribution in [2.24, 2.45) is 5.92 Å². The number of ether oxygens (including phenoxy) is 1. The number of rotatable bonds is 5. The van der Waals surface area contributed by atoms with Gasteiger partial charge in [-0.1, -0.05) is 26.7 Å². The molecule has 0 amide bonds. The Morgan fingerprint density at radius 2 is 1.78 bits per heavy atom. The molecular weight excluding hydrogens is 248 g/mol. The van der Waals surface area contributed by atoms with Crippen LogP contribution in [0.4, 0.5) is 17.6 Å². The maximum absolute atomic E-state index is 12.9. The predicted molar refractivity (Wildman–Crippen MR) is 61.0 cm³/mol. The lowest BCUT2D eigenvalue weighted by molar-refractivity contribution is -0.139. The molecule has 0 saturated carbocycles. The van der Waals surface area contributed by atoms with Gasteiger partial charge in [0.05, 0.1) is 6.61 Å². The Balaban J connectivity index is 2.88. The molecule has 0 unspecified atom stereocenters. The molecule has 0 bridgehead atoms. The van der Waals surface area contributed by atoms with Gasteiger partial charge in [0.15, 0.2) is 0 Å². The Hall–Kier alpha value is -1.26. The Bertz CT molecular complexity index is 383. The van der Waals surface area contributed by atoms with Crippen LogP contribution >= 0.6 is 0 Å². The van der Waals surface area contributed by atoms with Gasteiger partial charge in [0.25, 0.3) is 0 Å². The molecule has 0 atom stereocenters. The van der Waals surface area contributed by atoms with E-state index in [2.05, 4.69) is 0 Å². The van der Waals surface area contributed by atoms with Crippen molar-refractivity contribution in [1.29, 1.82) is 0 Å². The van der Waals surface area contributed by atoms with Gasteiger partial charge in [-0.25, -0.2) is 4.39 Å². The molecule has 1 aromatic carbocycles. The van der Waals surface area contributed by atoms with Crippen LogP contribution in [0, 0.1) is 11.7 Å². The minimum Gasteiger partial charge on any atom is -0.493 e. The van der Waals surface area contributed by atoms with Crippen LogP contribution in [0.5, 0.6) is 5.75 Å². The Morgan fingerprint density at radius 3 is 2.28 bits per heavy atom. The maximum atomic E-state index is 12.9. The van der Waals surface area contributed by atoms with Crippen molar-refractivity contribution in [2.75, 3.05) is 6.61 Å². The van der Waals surface area contributed by atoms with Crippen LogP contribution in [0.1, 0.15) is 32.3 Å². The highest BCUT2D eigenvalue weighted by atomic mass is 19.4. The highest BCUT2D eigenvalue weighted by Gasteiger charge is 2.35. The minimum absolute atomic E-state index is 0.205. The molecule has 0 fully saturated rings. The second kappa shape index (κ2) is 6.07. The largest absolute Gasteiger partial charge is 0.493 e. The normalized spacial score (nSPS) is 11.9. The molecule has 0 radical (unpaired) electrons. The highest BCUT2D eigenvalue weighted by Crippen LogP contribution is 2.36. The summed E-state index contributed by atoms with van der Waals surface area (Å²) in [4.78, 5) is 0. The lowest BCUT2D eigenvalue weighted by atomic mass is 10.1. The summed E-state index contributed by atoms with van der Waals surface area (Å²) in [5.74, 6) is -1.02. The SMILES string of the molecule is CCC(CC)COc1ccc(F)cc1C(F)(F)F. The summed E-state index contributed by atoms with van der Waals surface area (Å²) in [5.41, 5.74) is -1.06. The molecule has 0 saturated heterocycles. The molecule has 102 valence electrons. The summed E-state index contributed by atoms with van der Waals surface area (Å²) in [7, 11) is 0. The van der Waals surface area contributed by atoms with Crippen molar-refractivity contribution in [1.82, 2.24) is 0 Å². The molecule has 0 aliphatic carbocycles. The van der Waals surface area contributed by atoms with E-state index in [9.17, 15) is 17.6 Å². The third kappa shape index (κ3) is 3.89. The van der Waals surface area contributed by atoms with E-state index < -0.39 is 17.6 Å². The van der Waals surface area contributed by atoms with E-state index in [1.165, 1.54) is 0 Å². The summed E-state index contributed by atoms with van der Waals surface area (Å²) in [6, 6.07) is 2.46. The first-order valence-electron chi connectivity index (χ1n) is 5.88. The molecule has 0 heterocycles. The first-order valence-corrected chi connectivity index (χ1v) is 5.88. The predicted octanol–water partition coefficient (Wildman–Crippen LogP) is 4.66. The molecule has 0 aliphatic rings. The fraction of sp³-hybridized carbons (Fsp3) is 0.538. The fourth-order valence-corrected chi connectivity index (χ4v) is 1.58. The van der Waals surface area contributed by atoms with Crippen LogP contribution in [0.15, 0.2) is 18.2 Å². The molecular formula is C13H16F4O. The highest BCUT2D eigenvalue weighted by molar-refractivity contribution is 5.36. The van der Waals surface area contributed by atoms with Crippen LogP contribution in [-0.2, 0) is 6.18 Å². The summed E-state index contributed by atoms with van der Waals surface area (Å²) < 4.78 is 56.0. The van der Waals surface area contributed by atoms with Gasteiger partial charge >= 0.3 is 6.18 Å². The number of benzene rings is 1. The van der Waals surface area contributed by atoms with Gasteiger partial charge in [-0.3, -0.25) is 0 Å². The monoisotopic (exact) mass is 264 g/mol. The maximum Gasteiger partial charge on any atom is 0.420 e.